The number of anilines is 1. The zero-order chi connectivity index (χ0) is 25.1. The zero-order valence-corrected chi connectivity index (χ0v) is 21.6. The van der Waals surface area contributed by atoms with Crippen molar-refractivity contribution in [1.82, 2.24) is 30.5 Å². The molecular weight excluding hydrogens is 474 g/mol. The van der Waals surface area contributed by atoms with Gasteiger partial charge in [-0.2, -0.15) is 11.8 Å². The second kappa shape index (κ2) is 10.9. The van der Waals surface area contributed by atoms with Crippen LogP contribution in [0.2, 0.25) is 0 Å². The van der Waals surface area contributed by atoms with Crippen LogP contribution < -0.4 is 21.7 Å². The van der Waals surface area contributed by atoms with Crippen LogP contribution in [0.1, 0.15) is 51.3 Å². The number of benzene rings is 1. The fraction of sp³-hybridized carbons (Fsp3) is 0.538. The Morgan fingerprint density at radius 2 is 2.08 bits per heavy atom. The van der Waals surface area contributed by atoms with Gasteiger partial charge in [-0.15, -0.1) is 0 Å². The zero-order valence-electron chi connectivity index (χ0n) is 20.8. The maximum atomic E-state index is 12.5. The number of hydrogen-bond acceptors (Lipinski definition) is 6. The second-order valence-electron chi connectivity index (χ2n) is 9.71. The third-order valence-corrected chi connectivity index (χ3v) is 8.69. The highest BCUT2D eigenvalue weighted by atomic mass is 32.2. The lowest BCUT2D eigenvalue weighted by Gasteiger charge is -2.16. The lowest BCUT2D eigenvalue weighted by atomic mass is 10.0. The molecular formula is C26H35N7O2S. The Bertz CT molecular complexity index is 1260. The predicted octanol–water partition coefficient (Wildman–Crippen LogP) is 3.35. The number of aryl methyl sites for hydroxylation is 1. The van der Waals surface area contributed by atoms with Crippen molar-refractivity contribution in [2.75, 3.05) is 18.0 Å². The highest BCUT2D eigenvalue weighted by Crippen LogP contribution is 2.33. The van der Waals surface area contributed by atoms with Gasteiger partial charge >= 0.3 is 6.03 Å². The fourth-order valence-electron chi connectivity index (χ4n) is 5.34. The minimum atomic E-state index is -0.0508. The molecule has 5 rings (SSSR count). The summed E-state index contributed by atoms with van der Waals surface area (Å²) in [6.07, 6.45) is 6.36. The van der Waals surface area contributed by atoms with E-state index in [1.54, 1.807) is 0 Å². The minimum Gasteiger partial charge on any atom is -0.382 e. The standard InChI is InChI=1S/C26H35N7O2S/c1-2-3-11-20-31-23-24(16-8-4-5-9-17(16)29-25(23)27)33(20)14-13-28-21(34)12-7-6-10-19-22-18(15-36-19)30-26(35)32-22/h4-5,8-9,18-19,22H,2-3,6-7,10-15H2,1H3,(H2,27,29)(H,28,34)(H2,30,32,35). The number of amides is 3. The van der Waals surface area contributed by atoms with Gasteiger partial charge in [0.2, 0.25) is 5.91 Å². The third-order valence-electron chi connectivity index (χ3n) is 7.18. The summed E-state index contributed by atoms with van der Waals surface area (Å²) in [6, 6.07) is 8.42. The Hall–Kier alpha value is -3.01. The molecule has 3 aromatic rings. The summed E-state index contributed by atoms with van der Waals surface area (Å²) in [6.45, 7) is 3.35. The first-order valence-corrected chi connectivity index (χ1v) is 14.1. The molecule has 36 heavy (non-hydrogen) atoms. The number of imidazole rings is 1. The number of nitrogens with one attached hydrogen (secondary N) is 3. The number of aromatic nitrogens is 3. The van der Waals surface area contributed by atoms with Gasteiger partial charge in [0, 0.05) is 42.3 Å². The Labute approximate surface area is 215 Å². The molecule has 192 valence electrons. The minimum absolute atomic E-state index is 0.0508. The van der Waals surface area contributed by atoms with Gasteiger partial charge in [0.05, 0.1) is 23.1 Å². The molecule has 10 heteroatoms. The molecule has 3 unspecified atom stereocenters. The van der Waals surface area contributed by atoms with Gasteiger partial charge in [-0.1, -0.05) is 38.0 Å². The number of para-hydroxylation sites is 1. The number of unbranched alkanes of at least 4 members (excludes halogenated alkanes) is 2. The number of fused-ring (bicyclic) bond motifs is 4. The average Bonchev–Trinajstić information content (AvgIpc) is 3.54. The molecule has 2 aliphatic heterocycles. The molecule has 0 saturated carbocycles. The summed E-state index contributed by atoms with van der Waals surface area (Å²) >= 11 is 1.92. The Morgan fingerprint density at radius 1 is 1.22 bits per heavy atom. The smallest absolute Gasteiger partial charge is 0.315 e. The average molecular weight is 510 g/mol. The largest absolute Gasteiger partial charge is 0.382 e. The number of hydrogen-bond donors (Lipinski definition) is 4. The molecule has 0 radical (unpaired) electrons. The molecule has 0 aliphatic carbocycles. The SMILES string of the molecule is CCCCc1nc2c(N)nc3ccccc3c2n1CCNC(=O)CCCCC1SCC2NC(=O)NC21. The molecule has 0 spiro atoms. The Balaban J connectivity index is 1.17. The second-order valence-corrected chi connectivity index (χ2v) is 11.0. The number of urea groups is 1. The van der Waals surface area contributed by atoms with Crippen molar-refractivity contribution in [2.24, 2.45) is 0 Å². The predicted molar refractivity (Wildman–Crippen MR) is 145 cm³/mol. The van der Waals surface area contributed by atoms with E-state index >= 15 is 0 Å². The first-order valence-electron chi connectivity index (χ1n) is 13.0. The maximum Gasteiger partial charge on any atom is 0.315 e. The van der Waals surface area contributed by atoms with Crippen LogP contribution in [-0.2, 0) is 17.8 Å². The van der Waals surface area contributed by atoms with E-state index in [9.17, 15) is 9.59 Å². The van der Waals surface area contributed by atoms with E-state index in [2.05, 4.69) is 38.5 Å². The molecule has 2 aliphatic rings. The Kier molecular flexibility index (Phi) is 7.50. The van der Waals surface area contributed by atoms with Gasteiger partial charge in [-0.3, -0.25) is 4.79 Å². The lowest BCUT2D eigenvalue weighted by Crippen LogP contribution is -2.36. The van der Waals surface area contributed by atoms with Crippen LogP contribution in [-0.4, -0.2) is 56.1 Å². The van der Waals surface area contributed by atoms with Crippen LogP contribution in [0.5, 0.6) is 0 Å². The van der Waals surface area contributed by atoms with Crippen molar-refractivity contribution in [3.8, 4) is 0 Å². The lowest BCUT2D eigenvalue weighted by molar-refractivity contribution is -0.121. The molecule has 2 aromatic heterocycles. The molecule has 3 amide bonds. The summed E-state index contributed by atoms with van der Waals surface area (Å²) in [5.41, 5.74) is 8.87. The van der Waals surface area contributed by atoms with Crippen LogP contribution in [0.15, 0.2) is 24.3 Å². The van der Waals surface area contributed by atoms with Crippen molar-refractivity contribution >= 4 is 51.5 Å². The van der Waals surface area contributed by atoms with E-state index in [1.807, 2.05) is 30.0 Å². The summed E-state index contributed by atoms with van der Waals surface area (Å²) in [5.74, 6) is 2.48. The van der Waals surface area contributed by atoms with Crippen molar-refractivity contribution in [3.05, 3.63) is 30.1 Å². The van der Waals surface area contributed by atoms with E-state index < -0.39 is 0 Å². The van der Waals surface area contributed by atoms with Crippen LogP contribution in [0.25, 0.3) is 21.9 Å². The van der Waals surface area contributed by atoms with E-state index in [0.29, 0.717) is 30.6 Å². The molecule has 5 N–H and O–H groups in total. The van der Waals surface area contributed by atoms with Crippen molar-refractivity contribution in [1.29, 1.82) is 0 Å². The monoisotopic (exact) mass is 509 g/mol. The highest BCUT2D eigenvalue weighted by molar-refractivity contribution is 8.00. The van der Waals surface area contributed by atoms with Gasteiger partial charge in [-0.05, 0) is 25.3 Å². The highest BCUT2D eigenvalue weighted by Gasteiger charge is 2.42. The van der Waals surface area contributed by atoms with E-state index in [1.165, 1.54) is 0 Å². The van der Waals surface area contributed by atoms with E-state index in [-0.39, 0.29) is 24.0 Å². The van der Waals surface area contributed by atoms with E-state index in [0.717, 1.165) is 72.0 Å². The summed E-state index contributed by atoms with van der Waals surface area (Å²) < 4.78 is 2.21. The van der Waals surface area contributed by atoms with Crippen LogP contribution in [0.4, 0.5) is 10.6 Å². The van der Waals surface area contributed by atoms with Gasteiger partial charge in [0.25, 0.3) is 0 Å². The van der Waals surface area contributed by atoms with Gasteiger partial charge in [-0.25, -0.2) is 14.8 Å². The number of carbonyl (C=O) groups excluding carboxylic acids is 2. The van der Waals surface area contributed by atoms with Crippen molar-refractivity contribution < 1.29 is 9.59 Å². The van der Waals surface area contributed by atoms with Crippen LogP contribution in [0.3, 0.4) is 0 Å². The molecule has 3 atom stereocenters. The number of rotatable bonds is 11. The number of thioether (sulfide) groups is 1. The summed E-state index contributed by atoms with van der Waals surface area (Å²) in [4.78, 5) is 33.5. The number of nitrogens with two attached hydrogens (primary N) is 1. The normalized spacial score (nSPS) is 21.0. The molecule has 1 aromatic carbocycles. The number of carbonyl (C=O) groups is 2. The quantitative estimate of drug-likeness (QED) is 0.232. The topological polar surface area (TPSA) is 127 Å². The maximum absolute atomic E-state index is 12.5. The van der Waals surface area contributed by atoms with Gasteiger partial charge in [0.1, 0.15) is 11.3 Å². The summed E-state index contributed by atoms with van der Waals surface area (Å²) in [5, 5.41) is 10.6. The number of nitrogens with zero attached hydrogens (tertiary/aromatic N) is 3. The molecule has 2 saturated heterocycles. The van der Waals surface area contributed by atoms with Gasteiger partial charge < -0.3 is 26.3 Å². The Morgan fingerprint density at radius 3 is 2.94 bits per heavy atom. The summed E-state index contributed by atoms with van der Waals surface area (Å²) in [7, 11) is 0. The molecule has 9 nitrogen and oxygen atoms in total. The third kappa shape index (κ3) is 5.09. The number of pyridine rings is 1. The van der Waals surface area contributed by atoms with Gasteiger partial charge in [0.15, 0.2) is 5.82 Å². The van der Waals surface area contributed by atoms with Crippen LogP contribution >= 0.6 is 11.8 Å². The van der Waals surface area contributed by atoms with E-state index in [4.69, 9.17) is 10.7 Å². The molecule has 4 heterocycles. The van der Waals surface area contributed by atoms with Crippen molar-refractivity contribution in [3.63, 3.8) is 0 Å². The molecule has 2 fully saturated rings. The number of nitrogen functional groups attached to an aromatic ring is 1. The first-order chi connectivity index (χ1) is 17.5. The van der Waals surface area contributed by atoms with Crippen molar-refractivity contribution in [2.45, 2.75) is 75.7 Å². The molecule has 0 bridgehead atoms. The first kappa shape index (κ1) is 24.7. The van der Waals surface area contributed by atoms with Crippen LogP contribution in [0, 0.1) is 0 Å². The fourth-order valence-corrected chi connectivity index (χ4v) is 6.88.